The smallest absolute Gasteiger partial charge is 0.338 e. The molecule has 1 heterocycles. The summed E-state index contributed by atoms with van der Waals surface area (Å²) in [6.45, 7) is 7.07. The van der Waals surface area contributed by atoms with Crippen molar-refractivity contribution < 1.29 is 23.1 Å². The molecule has 0 radical (unpaired) electrons. The van der Waals surface area contributed by atoms with Crippen molar-refractivity contribution in [3.63, 3.8) is 0 Å². The van der Waals surface area contributed by atoms with Gasteiger partial charge in [-0.25, -0.2) is 18.2 Å². The Bertz CT molecular complexity index is 1530. The Hall–Kier alpha value is -3.73. The van der Waals surface area contributed by atoms with Gasteiger partial charge in [-0.1, -0.05) is 36.4 Å². The molecule has 0 saturated heterocycles. The summed E-state index contributed by atoms with van der Waals surface area (Å²) in [7, 11) is -3.79. The minimum atomic E-state index is -3.79. The van der Waals surface area contributed by atoms with Crippen molar-refractivity contribution in [2.24, 2.45) is 0 Å². The lowest BCUT2D eigenvalue weighted by molar-refractivity contribution is 0.0526. The molecule has 1 aromatic heterocycles. The molecular formula is C29H34N4O5S. The van der Waals surface area contributed by atoms with Gasteiger partial charge in [-0.2, -0.15) is 0 Å². The van der Waals surface area contributed by atoms with Crippen molar-refractivity contribution in [3.8, 4) is 0 Å². The Morgan fingerprint density at radius 2 is 1.79 bits per heavy atom. The minimum Gasteiger partial charge on any atom is -0.462 e. The average Bonchev–Trinajstić information content (AvgIpc) is 3.34. The van der Waals surface area contributed by atoms with Crippen LogP contribution in [0.4, 0.5) is 5.69 Å². The predicted molar refractivity (Wildman–Crippen MR) is 151 cm³/mol. The van der Waals surface area contributed by atoms with Gasteiger partial charge in [0.05, 0.1) is 46.2 Å². The van der Waals surface area contributed by atoms with Crippen LogP contribution in [0, 0.1) is 0 Å². The van der Waals surface area contributed by atoms with E-state index in [9.17, 15) is 18.3 Å². The Kier molecular flexibility index (Phi) is 8.69. The zero-order valence-electron chi connectivity index (χ0n) is 22.3. The summed E-state index contributed by atoms with van der Waals surface area (Å²) in [6, 6.07) is 20.3. The molecule has 3 aromatic carbocycles. The number of nitrogens with one attached hydrogen (secondary N) is 2. The van der Waals surface area contributed by atoms with Gasteiger partial charge in [0.15, 0.2) is 0 Å². The average molecular weight is 551 g/mol. The van der Waals surface area contributed by atoms with E-state index in [1.165, 1.54) is 12.1 Å². The van der Waals surface area contributed by atoms with Crippen LogP contribution in [0.2, 0.25) is 0 Å². The number of rotatable bonds is 12. The number of esters is 1. The molecule has 9 nitrogen and oxygen atoms in total. The quantitative estimate of drug-likeness (QED) is 0.222. The van der Waals surface area contributed by atoms with Gasteiger partial charge in [0, 0.05) is 24.2 Å². The predicted octanol–water partition coefficient (Wildman–Crippen LogP) is 4.51. The molecule has 4 aromatic rings. The lowest BCUT2D eigenvalue weighted by Crippen LogP contribution is -2.42. The molecule has 0 saturated carbocycles. The van der Waals surface area contributed by atoms with Gasteiger partial charge in [0.25, 0.3) is 10.0 Å². The van der Waals surface area contributed by atoms with Crippen molar-refractivity contribution in [1.29, 1.82) is 0 Å². The molecule has 1 atom stereocenters. The van der Waals surface area contributed by atoms with Crippen LogP contribution in [0.25, 0.3) is 11.0 Å². The first kappa shape index (κ1) is 28.3. The van der Waals surface area contributed by atoms with E-state index in [0.717, 1.165) is 17.5 Å². The van der Waals surface area contributed by atoms with E-state index in [1.807, 2.05) is 24.5 Å². The highest BCUT2D eigenvalue weighted by Gasteiger charge is 2.23. The highest BCUT2D eigenvalue weighted by Crippen LogP contribution is 2.26. The lowest BCUT2D eigenvalue weighted by atomic mass is 9.99. The third-order valence-corrected chi connectivity index (χ3v) is 7.88. The van der Waals surface area contributed by atoms with E-state index < -0.39 is 16.1 Å². The first-order valence-corrected chi connectivity index (χ1v) is 14.3. The fraction of sp³-hybridized carbons (Fsp3) is 0.310. The summed E-state index contributed by atoms with van der Waals surface area (Å²) in [5.41, 5.74) is 2.58. The number of sulfonamides is 1. The number of β-amino-alcohol motifs (C(OH)–C–C–N with tert-alkyl or cyclic N) is 1. The number of carbonyl (C=O) groups excluding carboxylic acids is 1. The van der Waals surface area contributed by atoms with Crippen LogP contribution in [0.3, 0.4) is 0 Å². The first-order valence-electron chi connectivity index (χ1n) is 12.8. The number of aromatic nitrogens is 2. The van der Waals surface area contributed by atoms with E-state index in [-0.39, 0.29) is 22.9 Å². The number of anilines is 1. The van der Waals surface area contributed by atoms with Gasteiger partial charge >= 0.3 is 5.97 Å². The van der Waals surface area contributed by atoms with Crippen LogP contribution in [-0.4, -0.2) is 47.7 Å². The lowest BCUT2D eigenvalue weighted by Gasteiger charge is -2.28. The molecule has 0 aliphatic rings. The Morgan fingerprint density at radius 3 is 2.54 bits per heavy atom. The first-order chi connectivity index (χ1) is 18.6. The molecule has 206 valence electrons. The van der Waals surface area contributed by atoms with E-state index in [4.69, 9.17) is 4.74 Å². The Morgan fingerprint density at radius 1 is 1.08 bits per heavy atom. The molecule has 0 spiro atoms. The van der Waals surface area contributed by atoms with Crippen LogP contribution in [-0.2, 0) is 21.3 Å². The van der Waals surface area contributed by atoms with Gasteiger partial charge in [-0.05, 0) is 63.6 Å². The number of aliphatic hydroxyl groups is 1. The van der Waals surface area contributed by atoms with Crippen molar-refractivity contribution in [2.75, 3.05) is 17.9 Å². The highest BCUT2D eigenvalue weighted by molar-refractivity contribution is 7.92. The molecule has 0 amide bonds. The second-order valence-electron chi connectivity index (χ2n) is 9.90. The molecule has 0 fully saturated rings. The number of aryl methyl sites for hydroxylation is 1. The zero-order valence-corrected chi connectivity index (χ0v) is 23.1. The number of imidazole rings is 1. The summed E-state index contributed by atoms with van der Waals surface area (Å²) in [6.07, 6.45) is 1.54. The van der Waals surface area contributed by atoms with Crippen LogP contribution in [0.15, 0.2) is 84.0 Å². The zero-order chi connectivity index (χ0) is 28.0. The normalized spacial score (nSPS) is 12.8. The molecule has 0 aliphatic heterocycles. The second kappa shape index (κ2) is 12.0. The van der Waals surface area contributed by atoms with Crippen LogP contribution in [0.1, 0.15) is 49.2 Å². The number of benzene rings is 3. The molecule has 0 aliphatic carbocycles. The maximum absolute atomic E-state index is 12.8. The van der Waals surface area contributed by atoms with Crippen molar-refractivity contribution in [1.82, 2.24) is 14.9 Å². The third-order valence-electron chi connectivity index (χ3n) is 6.50. The fourth-order valence-corrected chi connectivity index (χ4v) is 5.35. The summed E-state index contributed by atoms with van der Waals surface area (Å²) < 4.78 is 35.4. The van der Waals surface area contributed by atoms with Crippen LogP contribution in [0.5, 0.6) is 0 Å². The number of nitrogens with zero attached hydrogens (tertiary/aromatic N) is 2. The van der Waals surface area contributed by atoms with E-state index in [1.54, 1.807) is 67.8 Å². The topological polar surface area (TPSA) is 123 Å². The molecule has 39 heavy (non-hydrogen) atoms. The molecule has 0 bridgehead atoms. The number of aliphatic hydroxyl groups excluding tert-OH is 1. The van der Waals surface area contributed by atoms with Gasteiger partial charge in [-0.3, -0.25) is 4.72 Å². The summed E-state index contributed by atoms with van der Waals surface area (Å²) in [5.74, 6) is -0.368. The second-order valence-corrected chi connectivity index (χ2v) is 11.6. The van der Waals surface area contributed by atoms with Crippen molar-refractivity contribution in [2.45, 2.75) is 50.3 Å². The molecular weight excluding hydrogens is 516 g/mol. The summed E-state index contributed by atoms with van der Waals surface area (Å²) in [5, 5.41) is 14.4. The summed E-state index contributed by atoms with van der Waals surface area (Å²) in [4.78, 5) is 16.6. The Balaban J connectivity index is 1.38. The monoisotopic (exact) mass is 550 g/mol. The molecule has 4 rings (SSSR count). The molecule has 10 heteroatoms. The SMILES string of the molecule is CCOC(=O)c1ccc2c(c1)ncn2CCC(C)(C)NCC(O)c1ccccc1NS(=O)(=O)c1ccccc1. The van der Waals surface area contributed by atoms with E-state index >= 15 is 0 Å². The minimum absolute atomic E-state index is 0.151. The Labute approximate surface area is 228 Å². The maximum atomic E-state index is 12.8. The number of carbonyl (C=O) groups is 1. The summed E-state index contributed by atoms with van der Waals surface area (Å²) >= 11 is 0. The maximum Gasteiger partial charge on any atom is 0.338 e. The van der Waals surface area contributed by atoms with Crippen molar-refractivity contribution >= 4 is 32.7 Å². The standard InChI is InChI=1S/C29H34N4O5S/c1-4-38-28(35)21-14-15-26-25(18-21)30-20-33(26)17-16-29(2,3)31-19-27(34)23-12-8-9-13-24(23)32-39(36,37)22-10-6-5-7-11-22/h5-15,18,20,27,31-32,34H,4,16-17,19H2,1-3H3. The molecule has 1 unspecified atom stereocenters. The van der Waals surface area contributed by atoms with Gasteiger partial charge < -0.3 is 19.7 Å². The van der Waals surface area contributed by atoms with Crippen LogP contribution >= 0.6 is 0 Å². The number of ether oxygens (including phenoxy) is 1. The van der Waals surface area contributed by atoms with Gasteiger partial charge in [0.2, 0.25) is 0 Å². The number of hydrogen-bond acceptors (Lipinski definition) is 7. The van der Waals surface area contributed by atoms with E-state index in [2.05, 4.69) is 15.0 Å². The number of hydrogen-bond donors (Lipinski definition) is 3. The fourth-order valence-electron chi connectivity index (χ4n) is 4.24. The van der Waals surface area contributed by atoms with Crippen LogP contribution < -0.4 is 10.0 Å². The van der Waals surface area contributed by atoms with Gasteiger partial charge in [0.1, 0.15) is 0 Å². The largest absolute Gasteiger partial charge is 0.462 e. The molecule has 3 N–H and O–H groups in total. The van der Waals surface area contributed by atoms with E-state index in [0.29, 0.717) is 30.0 Å². The number of para-hydroxylation sites is 1. The van der Waals surface area contributed by atoms with Gasteiger partial charge in [-0.15, -0.1) is 0 Å². The van der Waals surface area contributed by atoms with Crippen molar-refractivity contribution in [3.05, 3.63) is 90.3 Å². The third kappa shape index (κ3) is 7.03. The number of fused-ring (bicyclic) bond motifs is 1. The highest BCUT2D eigenvalue weighted by atomic mass is 32.2.